The lowest BCUT2D eigenvalue weighted by molar-refractivity contribution is 0.642. The molecule has 1 unspecified atom stereocenters. The summed E-state index contributed by atoms with van der Waals surface area (Å²) < 4.78 is 1.70. The Hall–Kier alpha value is -1.03. The zero-order valence-corrected chi connectivity index (χ0v) is 11.4. The minimum absolute atomic E-state index is 0.0286. The van der Waals surface area contributed by atoms with Gasteiger partial charge in [-0.2, -0.15) is 0 Å². The first-order chi connectivity index (χ1) is 8.06. The Bertz CT molecular complexity index is 403. The standard InChI is InChI=1S/C12H20ClN3O/c1-4-7-16-9-6-14-11(12(16)17)15(3)8-5-10(2)13/h6,9-10H,4-5,7-8H2,1-3H3. The molecule has 0 saturated heterocycles. The topological polar surface area (TPSA) is 38.1 Å². The molecule has 1 heterocycles. The highest BCUT2D eigenvalue weighted by atomic mass is 35.5. The molecule has 4 nitrogen and oxygen atoms in total. The van der Waals surface area contributed by atoms with E-state index in [1.807, 2.05) is 25.8 Å². The van der Waals surface area contributed by atoms with Gasteiger partial charge in [0, 0.05) is 37.9 Å². The fraction of sp³-hybridized carbons (Fsp3) is 0.667. The third-order valence-corrected chi connectivity index (χ3v) is 2.80. The second-order valence-corrected chi connectivity index (χ2v) is 4.99. The van der Waals surface area contributed by atoms with E-state index in [1.54, 1.807) is 17.0 Å². The monoisotopic (exact) mass is 257 g/mol. The molecule has 0 bridgehead atoms. The Balaban J connectivity index is 2.83. The summed E-state index contributed by atoms with van der Waals surface area (Å²) in [6.45, 7) is 5.46. The average Bonchev–Trinajstić information content (AvgIpc) is 2.29. The molecule has 0 fully saturated rings. The van der Waals surface area contributed by atoms with Crippen LogP contribution in [0, 0.1) is 0 Å². The molecule has 0 saturated carbocycles. The molecule has 1 aromatic heterocycles. The molecule has 96 valence electrons. The van der Waals surface area contributed by atoms with Gasteiger partial charge in [-0.25, -0.2) is 4.98 Å². The minimum atomic E-state index is -0.0286. The summed E-state index contributed by atoms with van der Waals surface area (Å²) in [5, 5.41) is 0.110. The van der Waals surface area contributed by atoms with Crippen LogP contribution in [0.2, 0.25) is 0 Å². The number of rotatable bonds is 6. The third kappa shape index (κ3) is 4.04. The molecular weight excluding hydrogens is 238 g/mol. The summed E-state index contributed by atoms with van der Waals surface area (Å²) in [5.74, 6) is 0.498. The fourth-order valence-electron chi connectivity index (χ4n) is 1.59. The summed E-state index contributed by atoms with van der Waals surface area (Å²) in [6.07, 6.45) is 5.17. The van der Waals surface area contributed by atoms with Crippen LogP contribution >= 0.6 is 11.6 Å². The predicted octanol–water partition coefficient (Wildman–Crippen LogP) is 2.11. The number of halogens is 1. The van der Waals surface area contributed by atoms with Crippen LogP contribution in [-0.4, -0.2) is 28.5 Å². The number of aryl methyl sites for hydroxylation is 1. The van der Waals surface area contributed by atoms with Crippen LogP contribution < -0.4 is 10.5 Å². The van der Waals surface area contributed by atoms with E-state index < -0.39 is 0 Å². The van der Waals surface area contributed by atoms with Crippen molar-refractivity contribution in [3.63, 3.8) is 0 Å². The Morgan fingerprint density at radius 3 is 2.88 bits per heavy atom. The lowest BCUT2D eigenvalue weighted by atomic mass is 10.3. The van der Waals surface area contributed by atoms with E-state index in [9.17, 15) is 4.79 Å². The highest BCUT2D eigenvalue weighted by Crippen LogP contribution is 2.06. The second-order valence-electron chi connectivity index (χ2n) is 4.24. The smallest absolute Gasteiger partial charge is 0.293 e. The molecule has 1 atom stereocenters. The van der Waals surface area contributed by atoms with Gasteiger partial charge in [0.05, 0.1) is 0 Å². The van der Waals surface area contributed by atoms with Gasteiger partial charge in [0.15, 0.2) is 5.82 Å². The zero-order chi connectivity index (χ0) is 12.8. The Labute approximate surface area is 107 Å². The van der Waals surface area contributed by atoms with Crippen LogP contribution in [0.4, 0.5) is 5.82 Å². The number of hydrogen-bond acceptors (Lipinski definition) is 3. The van der Waals surface area contributed by atoms with Crippen molar-refractivity contribution in [1.82, 2.24) is 9.55 Å². The highest BCUT2D eigenvalue weighted by Gasteiger charge is 2.10. The lowest BCUT2D eigenvalue weighted by Crippen LogP contribution is -2.31. The van der Waals surface area contributed by atoms with Crippen molar-refractivity contribution >= 4 is 17.4 Å². The Morgan fingerprint density at radius 2 is 2.29 bits per heavy atom. The summed E-state index contributed by atoms with van der Waals surface area (Å²) in [4.78, 5) is 18.1. The van der Waals surface area contributed by atoms with Crippen molar-refractivity contribution in [3.8, 4) is 0 Å². The second kappa shape index (κ2) is 6.64. The minimum Gasteiger partial charge on any atom is -0.355 e. The van der Waals surface area contributed by atoms with Crippen molar-refractivity contribution in [2.45, 2.75) is 38.6 Å². The largest absolute Gasteiger partial charge is 0.355 e. The zero-order valence-electron chi connectivity index (χ0n) is 10.7. The van der Waals surface area contributed by atoms with Gasteiger partial charge in [-0.1, -0.05) is 6.92 Å². The van der Waals surface area contributed by atoms with E-state index in [4.69, 9.17) is 11.6 Å². The number of nitrogens with zero attached hydrogens (tertiary/aromatic N) is 3. The molecule has 0 N–H and O–H groups in total. The summed E-state index contributed by atoms with van der Waals surface area (Å²) in [7, 11) is 1.87. The molecule has 0 amide bonds. The van der Waals surface area contributed by atoms with Crippen molar-refractivity contribution in [2.24, 2.45) is 0 Å². The molecule has 0 spiro atoms. The number of aromatic nitrogens is 2. The molecule has 17 heavy (non-hydrogen) atoms. The Morgan fingerprint density at radius 1 is 1.59 bits per heavy atom. The molecule has 0 aliphatic rings. The maximum atomic E-state index is 12.1. The van der Waals surface area contributed by atoms with Gasteiger partial charge in [0.1, 0.15) is 0 Å². The molecular formula is C12H20ClN3O. The van der Waals surface area contributed by atoms with Crippen LogP contribution in [0.5, 0.6) is 0 Å². The SMILES string of the molecule is CCCn1ccnc(N(C)CCC(C)Cl)c1=O. The maximum Gasteiger partial charge on any atom is 0.293 e. The highest BCUT2D eigenvalue weighted by molar-refractivity contribution is 6.20. The number of hydrogen-bond donors (Lipinski definition) is 0. The molecule has 1 aromatic rings. The van der Waals surface area contributed by atoms with E-state index in [0.717, 1.165) is 25.9 Å². The van der Waals surface area contributed by atoms with E-state index >= 15 is 0 Å². The molecule has 0 radical (unpaired) electrons. The first-order valence-corrected chi connectivity index (χ1v) is 6.40. The van der Waals surface area contributed by atoms with E-state index in [1.165, 1.54) is 0 Å². The van der Waals surface area contributed by atoms with Gasteiger partial charge in [-0.05, 0) is 19.8 Å². The molecule has 0 aromatic carbocycles. The molecule has 5 heteroatoms. The molecule has 0 aliphatic heterocycles. The average molecular weight is 258 g/mol. The van der Waals surface area contributed by atoms with E-state index in [0.29, 0.717) is 5.82 Å². The lowest BCUT2D eigenvalue weighted by Gasteiger charge is -2.18. The van der Waals surface area contributed by atoms with Gasteiger partial charge in [0.25, 0.3) is 5.56 Å². The number of alkyl halides is 1. The van der Waals surface area contributed by atoms with Crippen LogP contribution in [0.25, 0.3) is 0 Å². The van der Waals surface area contributed by atoms with Crippen molar-refractivity contribution in [2.75, 3.05) is 18.5 Å². The first-order valence-electron chi connectivity index (χ1n) is 5.97. The van der Waals surface area contributed by atoms with Crippen molar-refractivity contribution in [1.29, 1.82) is 0 Å². The molecule has 0 aliphatic carbocycles. The van der Waals surface area contributed by atoms with Crippen molar-refractivity contribution in [3.05, 3.63) is 22.7 Å². The predicted molar refractivity (Wildman–Crippen MR) is 72.0 cm³/mol. The quantitative estimate of drug-likeness (QED) is 0.733. The van der Waals surface area contributed by atoms with Gasteiger partial charge >= 0.3 is 0 Å². The summed E-state index contributed by atoms with van der Waals surface area (Å²) >= 11 is 5.90. The maximum absolute atomic E-state index is 12.1. The van der Waals surface area contributed by atoms with Gasteiger partial charge < -0.3 is 9.47 Å². The van der Waals surface area contributed by atoms with Crippen LogP contribution in [0.15, 0.2) is 17.2 Å². The number of anilines is 1. The summed E-state index contributed by atoms with van der Waals surface area (Å²) in [6, 6.07) is 0. The van der Waals surface area contributed by atoms with Crippen LogP contribution in [0.3, 0.4) is 0 Å². The van der Waals surface area contributed by atoms with Crippen LogP contribution in [-0.2, 0) is 6.54 Å². The third-order valence-electron chi connectivity index (χ3n) is 2.58. The molecule has 1 rings (SSSR count). The van der Waals surface area contributed by atoms with Gasteiger partial charge in [-0.3, -0.25) is 4.79 Å². The van der Waals surface area contributed by atoms with Gasteiger partial charge in [-0.15, -0.1) is 11.6 Å². The van der Waals surface area contributed by atoms with Crippen molar-refractivity contribution < 1.29 is 0 Å². The Kier molecular flexibility index (Phi) is 5.48. The van der Waals surface area contributed by atoms with E-state index in [-0.39, 0.29) is 10.9 Å². The van der Waals surface area contributed by atoms with Gasteiger partial charge in [0.2, 0.25) is 0 Å². The normalized spacial score (nSPS) is 12.5. The fourth-order valence-corrected chi connectivity index (χ4v) is 1.69. The first kappa shape index (κ1) is 14.0. The summed E-state index contributed by atoms with van der Waals surface area (Å²) in [5.41, 5.74) is -0.0286. The van der Waals surface area contributed by atoms with Crippen LogP contribution in [0.1, 0.15) is 26.7 Å². The van der Waals surface area contributed by atoms with E-state index in [2.05, 4.69) is 4.98 Å².